The van der Waals surface area contributed by atoms with Crippen molar-refractivity contribution in [1.82, 2.24) is 5.32 Å². The maximum Gasteiger partial charge on any atom is 0.142 e. The summed E-state index contributed by atoms with van der Waals surface area (Å²) in [5.74, 6) is 1.80. The Bertz CT molecular complexity index is 425. The first-order valence-electron chi connectivity index (χ1n) is 8.42. The normalized spacial score (nSPS) is 15.0. The molecule has 1 heterocycles. The number of rotatable bonds is 8. The van der Waals surface area contributed by atoms with E-state index >= 15 is 0 Å². The summed E-state index contributed by atoms with van der Waals surface area (Å²) in [6.07, 6.45) is 3.82. The minimum atomic E-state index is 0.727. The van der Waals surface area contributed by atoms with E-state index in [1.54, 1.807) is 0 Å². The van der Waals surface area contributed by atoms with Gasteiger partial charge in [0.15, 0.2) is 0 Å². The van der Waals surface area contributed by atoms with E-state index in [2.05, 4.69) is 49.2 Å². The summed E-state index contributed by atoms with van der Waals surface area (Å²) in [5.41, 5.74) is 2.57. The van der Waals surface area contributed by atoms with Crippen molar-refractivity contribution in [2.24, 2.45) is 5.92 Å². The Morgan fingerprint density at radius 3 is 2.67 bits per heavy atom. The molecule has 1 saturated heterocycles. The Morgan fingerprint density at radius 2 is 2.00 bits per heavy atom. The largest absolute Gasteiger partial charge is 0.492 e. The molecule has 3 heteroatoms. The minimum absolute atomic E-state index is 0.727. The lowest BCUT2D eigenvalue weighted by atomic mass is 10.1. The van der Waals surface area contributed by atoms with Crippen LogP contribution < -0.4 is 15.0 Å². The predicted molar refractivity (Wildman–Crippen MR) is 90.2 cm³/mol. The van der Waals surface area contributed by atoms with Gasteiger partial charge < -0.3 is 15.0 Å². The van der Waals surface area contributed by atoms with Gasteiger partial charge in [-0.25, -0.2) is 0 Å². The molecule has 0 amide bonds. The standard InChI is InChI=1S/C18H30N2O/c1-4-21-18-13-16(14-19-10-9-15(2)3)7-8-17(18)20-11-5-6-12-20/h7-8,13,15,19H,4-6,9-12,14H2,1-3H3. The number of nitrogens with one attached hydrogen (secondary N) is 1. The molecule has 1 aromatic carbocycles. The molecule has 2 rings (SSSR count). The first kappa shape index (κ1) is 16.2. The molecule has 21 heavy (non-hydrogen) atoms. The second kappa shape index (κ2) is 8.28. The molecule has 0 unspecified atom stereocenters. The molecule has 1 aromatic rings. The molecule has 0 atom stereocenters. The Balaban J connectivity index is 1.98. The van der Waals surface area contributed by atoms with E-state index in [4.69, 9.17) is 4.74 Å². The highest BCUT2D eigenvalue weighted by atomic mass is 16.5. The monoisotopic (exact) mass is 290 g/mol. The van der Waals surface area contributed by atoms with Gasteiger partial charge in [0.05, 0.1) is 12.3 Å². The Morgan fingerprint density at radius 1 is 1.24 bits per heavy atom. The summed E-state index contributed by atoms with van der Waals surface area (Å²) >= 11 is 0. The average molecular weight is 290 g/mol. The highest BCUT2D eigenvalue weighted by Gasteiger charge is 2.16. The van der Waals surface area contributed by atoms with Gasteiger partial charge in [-0.1, -0.05) is 19.9 Å². The van der Waals surface area contributed by atoms with Crippen molar-refractivity contribution in [1.29, 1.82) is 0 Å². The maximum atomic E-state index is 5.87. The van der Waals surface area contributed by atoms with Crippen molar-refractivity contribution >= 4 is 5.69 Å². The summed E-state index contributed by atoms with van der Waals surface area (Å²) in [6, 6.07) is 6.67. The van der Waals surface area contributed by atoms with Crippen molar-refractivity contribution in [3.8, 4) is 5.75 Å². The number of ether oxygens (including phenoxy) is 1. The predicted octanol–water partition coefficient (Wildman–Crippen LogP) is 3.82. The van der Waals surface area contributed by atoms with Crippen LogP contribution in [0.4, 0.5) is 5.69 Å². The molecule has 1 aliphatic heterocycles. The van der Waals surface area contributed by atoms with Gasteiger partial charge in [-0.3, -0.25) is 0 Å². The van der Waals surface area contributed by atoms with Crippen molar-refractivity contribution in [3.63, 3.8) is 0 Å². The van der Waals surface area contributed by atoms with E-state index in [-0.39, 0.29) is 0 Å². The SMILES string of the molecule is CCOc1cc(CNCCC(C)C)ccc1N1CCCC1. The number of hydrogen-bond acceptors (Lipinski definition) is 3. The van der Waals surface area contributed by atoms with Crippen LogP contribution in [0.1, 0.15) is 45.6 Å². The van der Waals surface area contributed by atoms with Crippen LogP contribution in [-0.2, 0) is 6.54 Å². The summed E-state index contributed by atoms with van der Waals surface area (Å²) in [6.45, 7) is 11.6. The smallest absolute Gasteiger partial charge is 0.142 e. The zero-order valence-corrected chi connectivity index (χ0v) is 13.8. The number of benzene rings is 1. The molecule has 3 nitrogen and oxygen atoms in total. The van der Waals surface area contributed by atoms with Gasteiger partial charge >= 0.3 is 0 Å². The van der Waals surface area contributed by atoms with Gasteiger partial charge in [-0.15, -0.1) is 0 Å². The summed E-state index contributed by atoms with van der Waals surface area (Å²) in [4.78, 5) is 2.45. The quantitative estimate of drug-likeness (QED) is 0.737. The molecular weight excluding hydrogens is 260 g/mol. The van der Waals surface area contributed by atoms with Crippen LogP contribution in [0.3, 0.4) is 0 Å². The molecule has 118 valence electrons. The molecule has 0 aromatic heterocycles. The van der Waals surface area contributed by atoms with Crippen LogP contribution in [0.15, 0.2) is 18.2 Å². The lowest BCUT2D eigenvalue weighted by Gasteiger charge is -2.22. The topological polar surface area (TPSA) is 24.5 Å². The zero-order valence-electron chi connectivity index (χ0n) is 13.8. The van der Waals surface area contributed by atoms with E-state index in [0.717, 1.165) is 44.5 Å². The third kappa shape index (κ3) is 4.92. The fourth-order valence-corrected chi connectivity index (χ4v) is 2.78. The molecular formula is C18H30N2O. The van der Waals surface area contributed by atoms with Gasteiger partial charge in [0, 0.05) is 19.6 Å². The highest BCUT2D eigenvalue weighted by Crippen LogP contribution is 2.32. The van der Waals surface area contributed by atoms with Crippen LogP contribution in [-0.4, -0.2) is 26.2 Å². The van der Waals surface area contributed by atoms with Crippen molar-refractivity contribution in [2.75, 3.05) is 31.1 Å². The van der Waals surface area contributed by atoms with E-state index in [1.807, 2.05) is 0 Å². The summed E-state index contributed by atoms with van der Waals surface area (Å²) < 4.78 is 5.87. The van der Waals surface area contributed by atoms with Gasteiger partial charge in [-0.2, -0.15) is 0 Å². The average Bonchev–Trinajstić information content (AvgIpc) is 2.98. The van der Waals surface area contributed by atoms with E-state index in [9.17, 15) is 0 Å². The van der Waals surface area contributed by atoms with Crippen LogP contribution in [0, 0.1) is 5.92 Å². The molecule has 0 spiro atoms. The summed E-state index contributed by atoms with van der Waals surface area (Å²) in [7, 11) is 0. The fraction of sp³-hybridized carbons (Fsp3) is 0.667. The molecule has 1 fully saturated rings. The summed E-state index contributed by atoms with van der Waals surface area (Å²) in [5, 5.41) is 3.52. The second-order valence-corrected chi connectivity index (χ2v) is 6.29. The van der Waals surface area contributed by atoms with Crippen LogP contribution in [0.2, 0.25) is 0 Å². The second-order valence-electron chi connectivity index (χ2n) is 6.29. The molecule has 0 saturated carbocycles. The Labute approximate surface area is 129 Å². The van der Waals surface area contributed by atoms with Crippen molar-refractivity contribution in [3.05, 3.63) is 23.8 Å². The fourth-order valence-electron chi connectivity index (χ4n) is 2.78. The van der Waals surface area contributed by atoms with Crippen molar-refractivity contribution < 1.29 is 4.74 Å². The third-order valence-corrected chi connectivity index (χ3v) is 4.00. The Hall–Kier alpha value is -1.22. The van der Waals surface area contributed by atoms with Gasteiger partial charge in [0.1, 0.15) is 5.75 Å². The third-order valence-electron chi connectivity index (χ3n) is 4.00. The zero-order chi connectivity index (χ0) is 15.1. The van der Waals surface area contributed by atoms with E-state index in [0.29, 0.717) is 0 Å². The molecule has 0 bridgehead atoms. The van der Waals surface area contributed by atoms with Gasteiger partial charge in [0.25, 0.3) is 0 Å². The lowest BCUT2D eigenvalue weighted by molar-refractivity contribution is 0.340. The molecule has 0 radical (unpaired) electrons. The Kier molecular flexibility index (Phi) is 6.37. The van der Waals surface area contributed by atoms with E-state index in [1.165, 1.54) is 30.5 Å². The molecule has 0 aliphatic carbocycles. The number of hydrogen-bond donors (Lipinski definition) is 1. The van der Waals surface area contributed by atoms with E-state index < -0.39 is 0 Å². The molecule has 1 N–H and O–H groups in total. The van der Waals surface area contributed by atoms with Crippen molar-refractivity contribution in [2.45, 2.75) is 46.6 Å². The number of anilines is 1. The number of nitrogens with zero attached hydrogens (tertiary/aromatic N) is 1. The maximum absolute atomic E-state index is 5.87. The van der Waals surface area contributed by atoms with Crippen LogP contribution >= 0.6 is 0 Å². The van der Waals surface area contributed by atoms with Gasteiger partial charge in [-0.05, 0) is 56.3 Å². The first-order chi connectivity index (χ1) is 10.2. The van der Waals surface area contributed by atoms with Gasteiger partial charge in [0.2, 0.25) is 0 Å². The molecule has 1 aliphatic rings. The minimum Gasteiger partial charge on any atom is -0.492 e. The van der Waals surface area contributed by atoms with Crippen LogP contribution in [0.25, 0.3) is 0 Å². The lowest BCUT2D eigenvalue weighted by Crippen LogP contribution is -2.19. The first-order valence-corrected chi connectivity index (χ1v) is 8.42. The highest BCUT2D eigenvalue weighted by molar-refractivity contribution is 5.60. The van der Waals surface area contributed by atoms with Crippen LogP contribution in [0.5, 0.6) is 5.75 Å².